The van der Waals surface area contributed by atoms with Crippen LogP contribution in [0.5, 0.6) is 0 Å². The van der Waals surface area contributed by atoms with Crippen molar-refractivity contribution in [3.8, 4) is 0 Å². The molecule has 0 aliphatic heterocycles. The fourth-order valence-corrected chi connectivity index (χ4v) is 1.19. The third-order valence-corrected chi connectivity index (χ3v) is 2.38. The molecule has 1 rings (SSSR count). The SMILES string of the molecule is CC(C)(NC(=O)C(N)Cc1cnc[nH]1)C(N)=O. The first kappa shape index (κ1) is 13.2. The first-order chi connectivity index (χ1) is 7.83. The monoisotopic (exact) mass is 239 g/mol. The van der Waals surface area contributed by atoms with Crippen LogP contribution in [-0.4, -0.2) is 33.4 Å². The van der Waals surface area contributed by atoms with Gasteiger partial charge in [0.2, 0.25) is 11.8 Å². The van der Waals surface area contributed by atoms with Crippen molar-refractivity contribution in [1.82, 2.24) is 15.3 Å². The molecule has 7 heteroatoms. The van der Waals surface area contributed by atoms with Crippen molar-refractivity contribution in [3.05, 3.63) is 18.2 Å². The molecule has 1 aromatic heterocycles. The van der Waals surface area contributed by atoms with Gasteiger partial charge in [-0.2, -0.15) is 0 Å². The Balaban J connectivity index is 2.56. The molecule has 0 spiro atoms. The molecule has 1 unspecified atom stereocenters. The molecular formula is C10H17N5O2. The molecular weight excluding hydrogens is 222 g/mol. The molecule has 17 heavy (non-hydrogen) atoms. The average molecular weight is 239 g/mol. The third kappa shape index (κ3) is 3.56. The summed E-state index contributed by atoms with van der Waals surface area (Å²) in [4.78, 5) is 29.4. The fraction of sp³-hybridized carbons (Fsp3) is 0.500. The van der Waals surface area contributed by atoms with E-state index in [2.05, 4.69) is 15.3 Å². The number of amides is 2. The predicted molar refractivity (Wildman–Crippen MR) is 61.7 cm³/mol. The number of rotatable bonds is 5. The molecule has 0 radical (unpaired) electrons. The summed E-state index contributed by atoms with van der Waals surface area (Å²) in [6.07, 6.45) is 3.42. The lowest BCUT2D eigenvalue weighted by Crippen LogP contribution is -2.57. The average Bonchev–Trinajstić information content (AvgIpc) is 2.69. The minimum absolute atomic E-state index is 0.320. The number of carbonyl (C=O) groups excluding carboxylic acids is 2. The van der Waals surface area contributed by atoms with Crippen LogP contribution in [0.2, 0.25) is 0 Å². The van der Waals surface area contributed by atoms with Gasteiger partial charge in [0, 0.05) is 18.3 Å². The minimum atomic E-state index is -1.11. The van der Waals surface area contributed by atoms with Gasteiger partial charge in [-0.25, -0.2) is 4.98 Å². The van der Waals surface area contributed by atoms with Crippen LogP contribution in [-0.2, 0) is 16.0 Å². The highest BCUT2D eigenvalue weighted by molar-refractivity contribution is 5.91. The van der Waals surface area contributed by atoms with Crippen LogP contribution >= 0.6 is 0 Å². The largest absolute Gasteiger partial charge is 0.368 e. The third-order valence-electron chi connectivity index (χ3n) is 2.38. The van der Waals surface area contributed by atoms with Crippen molar-refractivity contribution in [2.45, 2.75) is 31.8 Å². The van der Waals surface area contributed by atoms with Gasteiger partial charge in [0.05, 0.1) is 12.4 Å². The van der Waals surface area contributed by atoms with Crippen LogP contribution in [0, 0.1) is 0 Å². The van der Waals surface area contributed by atoms with E-state index in [9.17, 15) is 9.59 Å². The van der Waals surface area contributed by atoms with E-state index in [-0.39, 0.29) is 0 Å². The number of hydrogen-bond donors (Lipinski definition) is 4. The Kier molecular flexibility index (Phi) is 3.84. The maximum Gasteiger partial charge on any atom is 0.242 e. The van der Waals surface area contributed by atoms with E-state index >= 15 is 0 Å². The predicted octanol–water partition coefficient (Wildman–Crippen LogP) is -1.34. The molecule has 0 saturated heterocycles. The Hall–Kier alpha value is -1.89. The molecule has 0 aromatic carbocycles. The van der Waals surface area contributed by atoms with Crippen LogP contribution < -0.4 is 16.8 Å². The highest BCUT2D eigenvalue weighted by atomic mass is 16.2. The molecule has 1 heterocycles. The van der Waals surface area contributed by atoms with E-state index in [1.165, 1.54) is 20.2 Å². The topological polar surface area (TPSA) is 127 Å². The molecule has 1 atom stereocenters. The van der Waals surface area contributed by atoms with Gasteiger partial charge in [-0.3, -0.25) is 9.59 Å². The number of carbonyl (C=O) groups is 2. The number of primary amides is 1. The lowest BCUT2D eigenvalue weighted by molar-refractivity contribution is -0.131. The second-order valence-electron chi connectivity index (χ2n) is 4.37. The van der Waals surface area contributed by atoms with E-state index in [4.69, 9.17) is 11.5 Å². The smallest absolute Gasteiger partial charge is 0.242 e. The summed E-state index contributed by atoms with van der Waals surface area (Å²) in [6, 6.07) is -0.755. The Morgan fingerprint density at radius 1 is 1.59 bits per heavy atom. The normalized spacial score (nSPS) is 13.1. The summed E-state index contributed by atoms with van der Waals surface area (Å²) in [6.45, 7) is 3.05. The van der Waals surface area contributed by atoms with E-state index in [1.807, 2.05) is 0 Å². The summed E-state index contributed by atoms with van der Waals surface area (Å²) in [5, 5.41) is 2.50. The molecule has 1 aromatic rings. The van der Waals surface area contributed by atoms with Gasteiger partial charge in [-0.05, 0) is 13.8 Å². The van der Waals surface area contributed by atoms with Crippen LogP contribution in [0.4, 0.5) is 0 Å². The number of aromatic nitrogens is 2. The molecule has 94 valence electrons. The lowest BCUT2D eigenvalue weighted by atomic mass is 10.0. The maximum absolute atomic E-state index is 11.7. The van der Waals surface area contributed by atoms with Gasteiger partial charge in [0.15, 0.2) is 0 Å². The van der Waals surface area contributed by atoms with Gasteiger partial charge in [-0.15, -0.1) is 0 Å². The molecule has 2 amide bonds. The van der Waals surface area contributed by atoms with Crippen molar-refractivity contribution in [3.63, 3.8) is 0 Å². The molecule has 0 saturated carbocycles. The second kappa shape index (κ2) is 4.96. The maximum atomic E-state index is 11.7. The first-order valence-corrected chi connectivity index (χ1v) is 5.17. The van der Waals surface area contributed by atoms with Gasteiger partial charge in [-0.1, -0.05) is 0 Å². The van der Waals surface area contributed by atoms with Crippen molar-refractivity contribution in [2.75, 3.05) is 0 Å². The Labute approximate surface area is 99.0 Å². The first-order valence-electron chi connectivity index (χ1n) is 5.17. The van der Waals surface area contributed by atoms with Gasteiger partial charge >= 0.3 is 0 Å². The van der Waals surface area contributed by atoms with Crippen molar-refractivity contribution in [2.24, 2.45) is 11.5 Å². The van der Waals surface area contributed by atoms with Crippen molar-refractivity contribution >= 4 is 11.8 Å². The zero-order valence-corrected chi connectivity index (χ0v) is 9.86. The zero-order chi connectivity index (χ0) is 13.1. The molecule has 0 bridgehead atoms. The summed E-state index contributed by atoms with van der Waals surface area (Å²) in [7, 11) is 0. The second-order valence-corrected chi connectivity index (χ2v) is 4.37. The number of nitrogens with zero attached hydrogens (tertiary/aromatic N) is 1. The van der Waals surface area contributed by atoms with E-state index in [0.29, 0.717) is 6.42 Å². The number of hydrogen-bond acceptors (Lipinski definition) is 4. The number of aromatic amines is 1. The van der Waals surface area contributed by atoms with Crippen LogP contribution in [0.15, 0.2) is 12.5 Å². The van der Waals surface area contributed by atoms with Crippen LogP contribution in [0.3, 0.4) is 0 Å². The number of imidazole rings is 1. The van der Waals surface area contributed by atoms with Crippen molar-refractivity contribution < 1.29 is 9.59 Å². The summed E-state index contributed by atoms with van der Waals surface area (Å²) >= 11 is 0. The van der Waals surface area contributed by atoms with Crippen LogP contribution in [0.25, 0.3) is 0 Å². The number of nitrogens with one attached hydrogen (secondary N) is 2. The minimum Gasteiger partial charge on any atom is -0.368 e. The molecule has 6 N–H and O–H groups in total. The Morgan fingerprint density at radius 3 is 2.71 bits per heavy atom. The zero-order valence-electron chi connectivity index (χ0n) is 9.86. The lowest BCUT2D eigenvalue weighted by Gasteiger charge is -2.24. The highest BCUT2D eigenvalue weighted by Crippen LogP contribution is 2.02. The summed E-state index contributed by atoms with van der Waals surface area (Å²) in [5.74, 6) is -1.04. The van der Waals surface area contributed by atoms with Crippen LogP contribution in [0.1, 0.15) is 19.5 Å². The Bertz CT molecular complexity index is 399. The van der Waals surface area contributed by atoms with Gasteiger partial charge in [0.1, 0.15) is 5.54 Å². The quantitative estimate of drug-likeness (QED) is 0.507. The van der Waals surface area contributed by atoms with E-state index in [0.717, 1.165) is 5.69 Å². The fourth-order valence-electron chi connectivity index (χ4n) is 1.19. The summed E-state index contributed by atoms with van der Waals surface area (Å²) in [5.41, 5.74) is 10.5. The van der Waals surface area contributed by atoms with Gasteiger partial charge in [0.25, 0.3) is 0 Å². The van der Waals surface area contributed by atoms with Crippen molar-refractivity contribution in [1.29, 1.82) is 0 Å². The molecule has 0 aliphatic rings. The molecule has 7 nitrogen and oxygen atoms in total. The number of nitrogens with two attached hydrogens (primary N) is 2. The highest BCUT2D eigenvalue weighted by Gasteiger charge is 2.29. The Morgan fingerprint density at radius 2 is 2.24 bits per heavy atom. The standard InChI is InChI=1S/C10H17N5O2/c1-10(2,9(12)17)15-8(16)7(11)3-6-4-13-5-14-6/h4-5,7H,3,11H2,1-2H3,(H2,12,17)(H,13,14)(H,15,16). The van der Waals surface area contributed by atoms with E-state index < -0.39 is 23.4 Å². The van der Waals surface area contributed by atoms with E-state index in [1.54, 1.807) is 6.20 Å². The summed E-state index contributed by atoms with van der Waals surface area (Å²) < 4.78 is 0. The number of H-pyrrole nitrogens is 1. The van der Waals surface area contributed by atoms with Gasteiger partial charge < -0.3 is 21.8 Å². The molecule has 0 aliphatic carbocycles. The molecule has 0 fully saturated rings.